The number of carbonyl (C=O) groups is 1. The number of imidazole rings is 1. The van der Waals surface area contributed by atoms with Gasteiger partial charge in [-0.2, -0.15) is 0 Å². The molecular weight excluding hydrogens is 350 g/mol. The normalized spacial score (nSPS) is 21.6. The number of anilines is 1. The molecule has 4 rings (SSSR count). The summed E-state index contributed by atoms with van der Waals surface area (Å²) < 4.78 is 0. The first-order valence-electron chi connectivity index (χ1n) is 11.0. The summed E-state index contributed by atoms with van der Waals surface area (Å²) in [5, 5.41) is 3.18. The molecule has 0 unspecified atom stereocenters. The van der Waals surface area contributed by atoms with Gasteiger partial charge in [-0.1, -0.05) is 25.0 Å². The van der Waals surface area contributed by atoms with E-state index in [1.165, 1.54) is 38.8 Å². The number of nitrogens with zero attached hydrogens (tertiary/aromatic N) is 3. The van der Waals surface area contributed by atoms with Crippen LogP contribution in [0.5, 0.6) is 0 Å². The summed E-state index contributed by atoms with van der Waals surface area (Å²) in [7, 11) is 0. The number of hydrogen-bond donors (Lipinski definition) is 2. The van der Waals surface area contributed by atoms with Crippen LogP contribution in [0.3, 0.4) is 0 Å². The molecule has 1 aromatic heterocycles. The molecule has 1 amide bonds. The van der Waals surface area contributed by atoms with Gasteiger partial charge in [-0.3, -0.25) is 4.79 Å². The number of H-pyrrole nitrogens is 1. The van der Waals surface area contributed by atoms with Gasteiger partial charge in [-0.25, -0.2) is 4.98 Å². The second kappa shape index (κ2) is 9.41. The van der Waals surface area contributed by atoms with Gasteiger partial charge in [0.1, 0.15) is 0 Å². The molecule has 2 aliphatic heterocycles. The monoisotopic (exact) mass is 383 g/mol. The summed E-state index contributed by atoms with van der Waals surface area (Å²) in [6.07, 6.45) is 8.44. The van der Waals surface area contributed by atoms with E-state index in [1.54, 1.807) is 0 Å². The lowest BCUT2D eigenvalue weighted by atomic mass is 9.97. The zero-order chi connectivity index (χ0) is 19.2. The van der Waals surface area contributed by atoms with E-state index in [-0.39, 0.29) is 11.8 Å². The van der Waals surface area contributed by atoms with Gasteiger partial charge in [0.05, 0.1) is 17.0 Å². The third kappa shape index (κ3) is 4.85. The average molecular weight is 384 g/mol. The quantitative estimate of drug-likeness (QED) is 0.752. The second-order valence-electron chi connectivity index (χ2n) is 8.26. The molecule has 28 heavy (non-hydrogen) atoms. The van der Waals surface area contributed by atoms with E-state index in [9.17, 15) is 4.79 Å². The molecular formula is C22H33N5O. The van der Waals surface area contributed by atoms with Crippen molar-refractivity contribution in [1.82, 2.24) is 20.2 Å². The smallest absolute Gasteiger partial charge is 0.224 e. The largest absolute Gasteiger partial charge is 0.356 e. The lowest BCUT2D eigenvalue weighted by molar-refractivity contribution is -0.125. The van der Waals surface area contributed by atoms with E-state index in [2.05, 4.69) is 20.1 Å². The Hall–Kier alpha value is -2.08. The predicted octanol–water partition coefficient (Wildman–Crippen LogP) is 3.16. The molecule has 0 bridgehead atoms. The first-order valence-corrected chi connectivity index (χ1v) is 11.0. The predicted molar refractivity (Wildman–Crippen MR) is 114 cm³/mol. The van der Waals surface area contributed by atoms with Crippen molar-refractivity contribution in [3.05, 3.63) is 24.3 Å². The van der Waals surface area contributed by atoms with Crippen molar-refractivity contribution in [2.75, 3.05) is 44.2 Å². The fourth-order valence-corrected chi connectivity index (χ4v) is 4.49. The number of piperidine rings is 1. The maximum atomic E-state index is 12.7. The molecule has 2 fully saturated rings. The van der Waals surface area contributed by atoms with Gasteiger partial charge in [0.25, 0.3) is 0 Å². The molecule has 2 saturated heterocycles. The summed E-state index contributed by atoms with van der Waals surface area (Å²) in [6, 6.07) is 8.09. The molecule has 1 atom stereocenters. The highest BCUT2D eigenvalue weighted by atomic mass is 16.1. The Morgan fingerprint density at radius 1 is 1.11 bits per heavy atom. The van der Waals surface area contributed by atoms with Crippen molar-refractivity contribution >= 4 is 22.9 Å². The number of hydrogen-bond acceptors (Lipinski definition) is 4. The van der Waals surface area contributed by atoms with E-state index in [0.29, 0.717) is 0 Å². The number of rotatable bonds is 6. The van der Waals surface area contributed by atoms with Crippen LogP contribution < -0.4 is 10.2 Å². The molecule has 1 aromatic carbocycles. The molecule has 2 aromatic rings. The van der Waals surface area contributed by atoms with E-state index in [0.717, 1.165) is 62.4 Å². The van der Waals surface area contributed by atoms with Crippen LogP contribution in [0, 0.1) is 5.92 Å². The van der Waals surface area contributed by atoms with Gasteiger partial charge in [-0.05, 0) is 63.9 Å². The summed E-state index contributed by atoms with van der Waals surface area (Å²) in [5.41, 5.74) is 2.04. The Bertz CT molecular complexity index is 732. The standard InChI is InChI=1S/C22H33N5O/c28-21(23-12-8-15-26-13-5-1-2-6-14-26)18-9-7-16-27(17-18)22-24-19-10-3-4-11-20(19)25-22/h3-4,10-11,18H,1-2,5-9,12-17H2,(H,23,28)(H,24,25)/t18-/m1/s1. The van der Waals surface area contributed by atoms with Gasteiger partial charge in [-0.15, -0.1) is 0 Å². The third-order valence-electron chi connectivity index (χ3n) is 6.12. The Labute approximate surface area is 167 Å². The molecule has 3 heterocycles. The zero-order valence-corrected chi connectivity index (χ0v) is 16.8. The SMILES string of the molecule is O=C(NCCCN1CCCCCC1)[C@@H]1CCCN(c2nc3ccccc3[nH]2)C1. The van der Waals surface area contributed by atoms with Crippen LogP contribution in [-0.2, 0) is 4.79 Å². The number of aromatic nitrogens is 2. The molecule has 0 radical (unpaired) electrons. The first-order chi connectivity index (χ1) is 13.8. The number of amides is 1. The maximum absolute atomic E-state index is 12.7. The summed E-state index contributed by atoms with van der Waals surface area (Å²) in [4.78, 5) is 25.6. The summed E-state index contributed by atoms with van der Waals surface area (Å²) in [5.74, 6) is 1.15. The van der Waals surface area contributed by atoms with Crippen LogP contribution in [0.4, 0.5) is 5.95 Å². The van der Waals surface area contributed by atoms with Crippen molar-refractivity contribution in [3.63, 3.8) is 0 Å². The number of nitrogens with one attached hydrogen (secondary N) is 2. The Balaban J connectivity index is 1.24. The van der Waals surface area contributed by atoms with Gasteiger partial charge < -0.3 is 20.1 Å². The number of likely N-dealkylation sites (tertiary alicyclic amines) is 1. The van der Waals surface area contributed by atoms with Crippen molar-refractivity contribution in [2.24, 2.45) is 5.92 Å². The second-order valence-corrected chi connectivity index (χ2v) is 8.26. The summed E-state index contributed by atoms with van der Waals surface area (Å²) in [6.45, 7) is 6.05. The van der Waals surface area contributed by atoms with Crippen molar-refractivity contribution in [2.45, 2.75) is 44.9 Å². The van der Waals surface area contributed by atoms with Crippen LogP contribution in [0.2, 0.25) is 0 Å². The van der Waals surface area contributed by atoms with Gasteiger partial charge in [0.15, 0.2) is 0 Å². The van der Waals surface area contributed by atoms with E-state index in [1.807, 2.05) is 24.3 Å². The fraction of sp³-hybridized carbons (Fsp3) is 0.636. The molecule has 2 aliphatic rings. The minimum absolute atomic E-state index is 0.0557. The lowest BCUT2D eigenvalue weighted by Gasteiger charge is -2.31. The highest BCUT2D eigenvalue weighted by Crippen LogP contribution is 2.23. The van der Waals surface area contributed by atoms with Crippen LogP contribution in [0.25, 0.3) is 11.0 Å². The van der Waals surface area contributed by atoms with Crippen LogP contribution in [-0.4, -0.2) is 60.0 Å². The van der Waals surface area contributed by atoms with Crippen LogP contribution in [0.15, 0.2) is 24.3 Å². The van der Waals surface area contributed by atoms with E-state index in [4.69, 9.17) is 4.98 Å². The van der Waals surface area contributed by atoms with E-state index < -0.39 is 0 Å². The van der Waals surface area contributed by atoms with Crippen LogP contribution >= 0.6 is 0 Å². The van der Waals surface area contributed by atoms with Crippen molar-refractivity contribution in [3.8, 4) is 0 Å². The molecule has 2 N–H and O–H groups in total. The van der Waals surface area contributed by atoms with E-state index >= 15 is 0 Å². The fourth-order valence-electron chi connectivity index (χ4n) is 4.49. The Morgan fingerprint density at radius 3 is 2.75 bits per heavy atom. The minimum atomic E-state index is 0.0557. The molecule has 0 spiro atoms. The lowest BCUT2D eigenvalue weighted by Crippen LogP contribution is -2.44. The highest BCUT2D eigenvalue weighted by Gasteiger charge is 2.27. The number of benzene rings is 1. The van der Waals surface area contributed by atoms with Crippen molar-refractivity contribution in [1.29, 1.82) is 0 Å². The minimum Gasteiger partial charge on any atom is -0.356 e. The first kappa shape index (κ1) is 19.2. The molecule has 0 saturated carbocycles. The highest BCUT2D eigenvalue weighted by molar-refractivity contribution is 5.80. The molecule has 152 valence electrons. The number of fused-ring (bicyclic) bond motifs is 1. The van der Waals surface area contributed by atoms with Crippen molar-refractivity contribution < 1.29 is 4.79 Å². The van der Waals surface area contributed by atoms with Gasteiger partial charge >= 0.3 is 0 Å². The molecule has 6 heteroatoms. The number of aromatic amines is 1. The Morgan fingerprint density at radius 2 is 1.93 bits per heavy atom. The average Bonchev–Trinajstić information content (AvgIpc) is 3.00. The topological polar surface area (TPSA) is 64.3 Å². The zero-order valence-electron chi connectivity index (χ0n) is 16.8. The van der Waals surface area contributed by atoms with Crippen LogP contribution in [0.1, 0.15) is 44.9 Å². The maximum Gasteiger partial charge on any atom is 0.224 e. The molecule has 0 aliphatic carbocycles. The molecule has 6 nitrogen and oxygen atoms in total. The van der Waals surface area contributed by atoms with Gasteiger partial charge in [0, 0.05) is 19.6 Å². The number of para-hydroxylation sites is 2. The third-order valence-corrected chi connectivity index (χ3v) is 6.12. The number of carbonyl (C=O) groups excluding carboxylic acids is 1. The van der Waals surface area contributed by atoms with Gasteiger partial charge in [0.2, 0.25) is 11.9 Å². The Kier molecular flexibility index (Phi) is 6.47. The summed E-state index contributed by atoms with van der Waals surface area (Å²) >= 11 is 0.